The van der Waals surface area contributed by atoms with E-state index >= 15 is 0 Å². The van der Waals surface area contributed by atoms with E-state index in [1.165, 1.54) is 38.5 Å². The number of hydrogen-bond acceptors (Lipinski definition) is 1. The first kappa shape index (κ1) is 10.4. The number of aliphatic imine (C=N–C) groups is 1. The predicted octanol–water partition coefficient (Wildman–Crippen LogP) is 1.83. The molecule has 3 nitrogen and oxygen atoms in total. The smallest absolute Gasteiger partial charge is 0.191 e. The SMILES string of the molecule is CN(C(N)=NCC1CC2CCC1C2)C1CC1. The Bertz CT molecular complexity index is 296. The molecule has 0 heterocycles. The molecule has 0 amide bonds. The van der Waals surface area contributed by atoms with Gasteiger partial charge in [-0.05, 0) is 49.9 Å². The molecular weight excluding hydrogens is 198 g/mol. The zero-order valence-electron chi connectivity index (χ0n) is 10.2. The quantitative estimate of drug-likeness (QED) is 0.583. The summed E-state index contributed by atoms with van der Waals surface area (Å²) in [6.45, 7) is 0.976. The van der Waals surface area contributed by atoms with Gasteiger partial charge in [-0.1, -0.05) is 6.42 Å². The normalized spacial score (nSPS) is 38.1. The number of fused-ring (bicyclic) bond motifs is 2. The zero-order valence-corrected chi connectivity index (χ0v) is 10.2. The second kappa shape index (κ2) is 3.94. The van der Waals surface area contributed by atoms with Crippen molar-refractivity contribution in [1.29, 1.82) is 0 Å². The van der Waals surface area contributed by atoms with E-state index < -0.39 is 0 Å². The first-order valence-corrected chi connectivity index (χ1v) is 6.77. The van der Waals surface area contributed by atoms with Crippen LogP contribution in [0.5, 0.6) is 0 Å². The van der Waals surface area contributed by atoms with Crippen LogP contribution < -0.4 is 5.73 Å². The summed E-state index contributed by atoms with van der Waals surface area (Å²) in [7, 11) is 2.08. The summed E-state index contributed by atoms with van der Waals surface area (Å²) in [6, 6.07) is 0.684. The summed E-state index contributed by atoms with van der Waals surface area (Å²) >= 11 is 0. The van der Waals surface area contributed by atoms with Crippen molar-refractivity contribution < 1.29 is 0 Å². The molecule has 3 heteroatoms. The molecule has 0 radical (unpaired) electrons. The lowest BCUT2D eigenvalue weighted by atomic mass is 9.89. The molecule has 2 bridgehead atoms. The third kappa shape index (κ3) is 1.92. The Morgan fingerprint density at radius 3 is 2.62 bits per heavy atom. The molecule has 3 rings (SSSR count). The third-order valence-corrected chi connectivity index (χ3v) is 4.83. The number of rotatable bonds is 3. The lowest BCUT2D eigenvalue weighted by Crippen LogP contribution is -2.36. The van der Waals surface area contributed by atoms with Crippen LogP contribution in [0.3, 0.4) is 0 Å². The standard InChI is InChI=1S/C13H23N3/c1-16(12-4-5-12)13(14)15-8-11-7-9-2-3-10(11)6-9/h9-12H,2-8H2,1H3,(H2,14,15). The number of hydrogen-bond donors (Lipinski definition) is 1. The van der Waals surface area contributed by atoms with E-state index in [1.807, 2.05) is 0 Å². The monoisotopic (exact) mass is 221 g/mol. The molecular formula is C13H23N3. The molecule has 2 N–H and O–H groups in total. The molecule has 90 valence electrons. The summed E-state index contributed by atoms with van der Waals surface area (Å²) in [4.78, 5) is 6.77. The predicted molar refractivity (Wildman–Crippen MR) is 66.2 cm³/mol. The van der Waals surface area contributed by atoms with Gasteiger partial charge in [0, 0.05) is 19.6 Å². The minimum Gasteiger partial charge on any atom is -0.370 e. The molecule has 0 aromatic heterocycles. The highest BCUT2D eigenvalue weighted by Gasteiger charge is 2.39. The van der Waals surface area contributed by atoms with Crippen LogP contribution in [0.1, 0.15) is 38.5 Å². The van der Waals surface area contributed by atoms with Gasteiger partial charge in [0.05, 0.1) is 0 Å². The Morgan fingerprint density at radius 1 is 1.25 bits per heavy atom. The molecule has 3 aliphatic carbocycles. The van der Waals surface area contributed by atoms with Crippen molar-refractivity contribution in [3.8, 4) is 0 Å². The van der Waals surface area contributed by atoms with Gasteiger partial charge in [-0.2, -0.15) is 0 Å². The fourth-order valence-electron chi connectivity index (χ4n) is 3.57. The minimum atomic E-state index is 0.684. The number of guanidine groups is 1. The molecule has 3 aliphatic rings. The van der Waals surface area contributed by atoms with E-state index in [2.05, 4.69) is 16.9 Å². The maximum Gasteiger partial charge on any atom is 0.191 e. The molecule has 3 fully saturated rings. The van der Waals surface area contributed by atoms with Gasteiger partial charge in [0.1, 0.15) is 0 Å². The Hall–Kier alpha value is -0.730. The van der Waals surface area contributed by atoms with Crippen molar-refractivity contribution in [2.24, 2.45) is 28.5 Å². The average Bonchev–Trinajstić information content (AvgIpc) is 2.94. The summed E-state index contributed by atoms with van der Waals surface area (Å²) < 4.78 is 0. The second-order valence-corrected chi connectivity index (χ2v) is 5.98. The fraction of sp³-hybridized carbons (Fsp3) is 0.923. The number of nitrogens with zero attached hydrogens (tertiary/aromatic N) is 2. The van der Waals surface area contributed by atoms with E-state index in [-0.39, 0.29) is 0 Å². The van der Waals surface area contributed by atoms with Crippen molar-refractivity contribution in [3.63, 3.8) is 0 Å². The lowest BCUT2D eigenvalue weighted by Gasteiger charge is -2.21. The van der Waals surface area contributed by atoms with Gasteiger partial charge in [-0.25, -0.2) is 0 Å². The van der Waals surface area contributed by atoms with Gasteiger partial charge in [0.2, 0.25) is 0 Å². The summed E-state index contributed by atoms with van der Waals surface area (Å²) in [5.74, 6) is 3.59. The summed E-state index contributed by atoms with van der Waals surface area (Å²) in [5, 5.41) is 0. The van der Waals surface area contributed by atoms with Gasteiger partial charge in [-0.3, -0.25) is 4.99 Å². The maximum atomic E-state index is 6.01. The molecule has 3 unspecified atom stereocenters. The average molecular weight is 221 g/mol. The van der Waals surface area contributed by atoms with Crippen LogP contribution in [0.25, 0.3) is 0 Å². The molecule has 3 saturated carbocycles. The van der Waals surface area contributed by atoms with Gasteiger partial charge >= 0.3 is 0 Å². The second-order valence-electron chi connectivity index (χ2n) is 5.98. The van der Waals surface area contributed by atoms with Gasteiger partial charge < -0.3 is 10.6 Å². The summed E-state index contributed by atoms with van der Waals surface area (Å²) in [6.07, 6.45) is 8.39. The van der Waals surface area contributed by atoms with Crippen LogP contribution in [0.2, 0.25) is 0 Å². The van der Waals surface area contributed by atoms with E-state index in [0.717, 1.165) is 30.3 Å². The summed E-state index contributed by atoms with van der Waals surface area (Å²) in [5.41, 5.74) is 6.01. The molecule has 3 atom stereocenters. The van der Waals surface area contributed by atoms with E-state index in [1.54, 1.807) is 0 Å². The van der Waals surface area contributed by atoms with Crippen molar-refractivity contribution in [1.82, 2.24) is 4.90 Å². The van der Waals surface area contributed by atoms with Crippen molar-refractivity contribution in [3.05, 3.63) is 0 Å². The highest BCUT2D eigenvalue weighted by molar-refractivity contribution is 5.78. The Labute approximate surface area is 98.1 Å². The maximum absolute atomic E-state index is 6.01. The lowest BCUT2D eigenvalue weighted by molar-refractivity contribution is 0.340. The molecule has 0 spiro atoms. The first-order valence-electron chi connectivity index (χ1n) is 6.77. The van der Waals surface area contributed by atoms with Crippen molar-refractivity contribution in [2.75, 3.05) is 13.6 Å². The van der Waals surface area contributed by atoms with E-state index in [9.17, 15) is 0 Å². The molecule has 0 aromatic carbocycles. The Balaban J connectivity index is 1.53. The molecule has 16 heavy (non-hydrogen) atoms. The third-order valence-electron chi connectivity index (χ3n) is 4.83. The molecule has 0 aromatic rings. The topological polar surface area (TPSA) is 41.6 Å². The van der Waals surface area contributed by atoms with Crippen LogP contribution in [0.4, 0.5) is 0 Å². The van der Waals surface area contributed by atoms with Crippen LogP contribution in [-0.2, 0) is 0 Å². The zero-order chi connectivity index (χ0) is 11.1. The van der Waals surface area contributed by atoms with Crippen molar-refractivity contribution >= 4 is 5.96 Å². The van der Waals surface area contributed by atoms with Gasteiger partial charge in [0.25, 0.3) is 0 Å². The van der Waals surface area contributed by atoms with Crippen LogP contribution in [0, 0.1) is 17.8 Å². The minimum absolute atomic E-state index is 0.684. The highest BCUT2D eigenvalue weighted by Crippen LogP contribution is 2.48. The van der Waals surface area contributed by atoms with Crippen LogP contribution in [0.15, 0.2) is 4.99 Å². The number of nitrogens with two attached hydrogens (primary N) is 1. The van der Waals surface area contributed by atoms with Gasteiger partial charge in [-0.15, -0.1) is 0 Å². The van der Waals surface area contributed by atoms with Crippen LogP contribution >= 0.6 is 0 Å². The molecule has 0 aliphatic heterocycles. The Kier molecular flexibility index (Phi) is 2.56. The highest BCUT2D eigenvalue weighted by atomic mass is 15.3. The fourth-order valence-corrected chi connectivity index (χ4v) is 3.57. The largest absolute Gasteiger partial charge is 0.370 e. The van der Waals surface area contributed by atoms with E-state index in [4.69, 9.17) is 5.73 Å². The molecule has 0 saturated heterocycles. The Morgan fingerprint density at radius 2 is 2.06 bits per heavy atom. The van der Waals surface area contributed by atoms with Crippen LogP contribution in [-0.4, -0.2) is 30.5 Å². The van der Waals surface area contributed by atoms with Crippen molar-refractivity contribution in [2.45, 2.75) is 44.6 Å². The first-order chi connectivity index (χ1) is 7.74. The van der Waals surface area contributed by atoms with Gasteiger partial charge in [0.15, 0.2) is 5.96 Å². The van der Waals surface area contributed by atoms with E-state index in [0.29, 0.717) is 6.04 Å².